The number of hydrogen-bond donors (Lipinski definition) is 2. The van der Waals surface area contributed by atoms with Crippen molar-refractivity contribution in [1.29, 1.82) is 0 Å². The number of anilines is 1. The summed E-state index contributed by atoms with van der Waals surface area (Å²) in [4.78, 5) is 0. The van der Waals surface area contributed by atoms with Crippen molar-refractivity contribution in [1.82, 2.24) is 0 Å². The van der Waals surface area contributed by atoms with E-state index in [-0.39, 0.29) is 18.4 Å². The SMILES string of the molecule is Cl.Nc1c(Br)cc(Br)cc1[C@H](N)c1ccsc1. The van der Waals surface area contributed by atoms with E-state index in [0.717, 1.165) is 20.1 Å². The van der Waals surface area contributed by atoms with E-state index < -0.39 is 0 Å². The maximum Gasteiger partial charge on any atom is 0.0581 e. The first kappa shape index (κ1) is 15.0. The van der Waals surface area contributed by atoms with Crippen LogP contribution in [0.2, 0.25) is 0 Å². The molecule has 1 aromatic heterocycles. The standard InChI is InChI=1S/C11H10Br2N2S.ClH/c12-7-3-8(11(15)9(13)4-7)10(14)6-1-2-16-5-6;/h1-5,10H,14-15H2;1H/t10-;/m1./s1. The molecule has 17 heavy (non-hydrogen) atoms. The van der Waals surface area contributed by atoms with Gasteiger partial charge in [-0.2, -0.15) is 11.3 Å². The smallest absolute Gasteiger partial charge is 0.0581 e. The maximum absolute atomic E-state index is 6.18. The van der Waals surface area contributed by atoms with Crippen molar-refractivity contribution in [3.05, 3.63) is 49.0 Å². The third-order valence-electron chi connectivity index (χ3n) is 2.36. The summed E-state index contributed by atoms with van der Waals surface area (Å²) < 4.78 is 1.83. The van der Waals surface area contributed by atoms with Gasteiger partial charge < -0.3 is 11.5 Å². The van der Waals surface area contributed by atoms with Crippen molar-refractivity contribution in [3.8, 4) is 0 Å². The zero-order chi connectivity index (χ0) is 11.7. The molecule has 0 saturated carbocycles. The summed E-state index contributed by atoms with van der Waals surface area (Å²) in [6, 6.07) is 5.71. The van der Waals surface area contributed by atoms with Gasteiger partial charge in [-0.05, 0) is 56.0 Å². The third-order valence-corrected chi connectivity index (χ3v) is 4.18. The predicted octanol–water partition coefficient (Wildman–Crippen LogP) is 4.33. The summed E-state index contributed by atoms with van der Waals surface area (Å²) in [5, 5.41) is 4.05. The highest BCUT2D eigenvalue weighted by Gasteiger charge is 2.15. The molecule has 1 heterocycles. The topological polar surface area (TPSA) is 52.0 Å². The summed E-state index contributed by atoms with van der Waals surface area (Å²) in [5.41, 5.74) is 14.9. The Balaban J connectivity index is 0.00000144. The molecule has 0 aliphatic rings. The van der Waals surface area contributed by atoms with Crippen LogP contribution in [-0.4, -0.2) is 0 Å². The Morgan fingerprint density at radius 1 is 1.24 bits per heavy atom. The molecule has 1 aromatic carbocycles. The minimum Gasteiger partial charge on any atom is -0.398 e. The monoisotopic (exact) mass is 396 g/mol. The van der Waals surface area contributed by atoms with E-state index in [1.165, 1.54) is 0 Å². The largest absolute Gasteiger partial charge is 0.398 e. The molecule has 0 fully saturated rings. The van der Waals surface area contributed by atoms with Gasteiger partial charge in [-0.3, -0.25) is 0 Å². The van der Waals surface area contributed by atoms with Crippen LogP contribution in [0.3, 0.4) is 0 Å². The van der Waals surface area contributed by atoms with Crippen molar-refractivity contribution in [2.75, 3.05) is 5.73 Å². The van der Waals surface area contributed by atoms with Gasteiger partial charge >= 0.3 is 0 Å². The zero-order valence-electron chi connectivity index (χ0n) is 8.69. The lowest BCUT2D eigenvalue weighted by Crippen LogP contribution is -2.13. The van der Waals surface area contributed by atoms with Crippen LogP contribution in [-0.2, 0) is 0 Å². The van der Waals surface area contributed by atoms with Crippen LogP contribution >= 0.6 is 55.6 Å². The van der Waals surface area contributed by atoms with Gasteiger partial charge in [0, 0.05) is 8.95 Å². The predicted molar refractivity (Wildman–Crippen MR) is 83.9 cm³/mol. The van der Waals surface area contributed by atoms with Crippen molar-refractivity contribution >= 4 is 61.3 Å². The average Bonchev–Trinajstić information content (AvgIpc) is 2.75. The molecule has 1 atom stereocenters. The minimum atomic E-state index is -0.181. The number of nitrogens with two attached hydrogens (primary N) is 2. The molecule has 0 bridgehead atoms. The van der Waals surface area contributed by atoms with E-state index in [0.29, 0.717) is 5.69 Å². The van der Waals surface area contributed by atoms with Gasteiger partial charge in [0.1, 0.15) is 0 Å². The van der Waals surface area contributed by atoms with E-state index in [2.05, 4.69) is 31.9 Å². The molecule has 2 aromatic rings. The van der Waals surface area contributed by atoms with Crippen LogP contribution in [0.25, 0.3) is 0 Å². The average molecular weight is 399 g/mol. The number of hydrogen-bond acceptors (Lipinski definition) is 3. The molecule has 0 aliphatic carbocycles. The highest BCUT2D eigenvalue weighted by molar-refractivity contribution is 9.11. The highest BCUT2D eigenvalue weighted by Crippen LogP contribution is 2.34. The van der Waals surface area contributed by atoms with Gasteiger partial charge in [-0.1, -0.05) is 15.9 Å². The van der Waals surface area contributed by atoms with E-state index in [1.807, 2.05) is 29.0 Å². The molecule has 0 amide bonds. The molecule has 0 radical (unpaired) electrons. The van der Waals surface area contributed by atoms with E-state index >= 15 is 0 Å². The number of nitrogen functional groups attached to an aromatic ring is 1. The first-order valence-electron chi connectivity index (χ1n) is 4.61. The van der Waals surface area contributed by atoms with Crippen molar-refractivity contribution in [2.24, 2.45) is 5.73 Å². The Bertz CT molecular complexity index is 502. The van der Waals surface area contributed by atoms with Gasteiger partial charge in [-0.15, -0.1) is 12.4 Å². The van der Waals surface area contributed by atoms with E-state index in [4.69, 9.17) is 11.5 Å². The fraction of sp³-hybridized carbons (Fsp3) is 0.0909. The molecular formula is C11H11Br2ClN2S. The molecule has 4 N–H and O–H groups in total. The molecule has 2 nitrogen and oxygen atoms in total. The number of benzene rings is 1. The Labute approximate surface area is 127 Å². The summed E-state index contributed by atoms with van der Waals surface area (Å²) in [6.07, 6.45) is 0. The van der Waals surface area contributed by atoms with Gasteiger partial charge in [0.15, 0.2) is 0 Å². The van der Waals surface area contributed by atoms with Gasteiger partial charge in [0.2, 0.25) is 0 Å². The molecule has 0 unspecified atom stereocenters. The van der Waals surface area contributed by atoms with Crippen LogP contribution in [0.1, 0.15) is 17.2 Å². The molecule has 6 heteroatoms. The van der Waals surface area contributed by atoms with Crippen LogP contribution in [0, 0.1) is 0 Å². The van der Waals surface area contributed by atoms with Crippen LogP contribution in [0.5, 0.6) is 0 Å². The maximum atomic E-state index is 6.18. The fourth-order valence-electron chi connectivity index (χ4n) is 1.49. The summed E-state index contributed by atoms with van der Waals surface area (Å²) in [6.45, 7) is 0. The van der Waals surface area contributed by atoms with E-state index in [1.54, 1.807) is 11.3 Å². The summed E-state index contributed by atoms with van der Waals surface area (Å²) >= 11 is 8.49. The molecule has 92 valence electrons. The summed E-state index contributed by atoms with van der Waals surface area (Å²) in [5.74, 6) is 0. The van der Waals surface area contributed by atoms with Gasteiger partial charge in [-0.25, -0.2) is 0 Å². The van der Waals surface area contributed by atoms with Crippen LogP contribution in [0.4, 0.5) is 5.69 Å². The Morgan fingerprint density at radius 3 is 2.53 bits per heavy atom. The lowest BCUT2D eigenvalue weighted by atomic mass is 10.0. The normalized spacial score (nSPS) is 11.9. The molecule has 2 rings (SSSR count). The lowest BCUT2D eigenvalue weighted by Gasteiger charge is -2.15. The second-order valence-electron chi connectivity index (χ2n) is 3.42. The second-order valence-corrected chi connectivity index (χ2v) is 5.97. The fourth-order valence-corrected chi connectivity index (χ4v) is 3.45. The van der Waals surface area contributed by atoms with E-state index in [9.17, 15) is 0 Å². The Morgan fingerprint density at radius 2 is 1.94 bits per heavy atom. The lowest BCUT2D eigenvalue weighted by molar-refractivity contribution is 0.878. The molecule has 0 spiro atoms. The molecular weight excluding hydrogens is 387 g/mol. The molecule has 0 aliphatic heterocycles. The number of thiophene rings is 1. The number of rotatable bonds is 2. The highest BCUT2D eigenvalue weighted by atomic mass is 79.9. The number of halogens is 3. The van der Waals surface area contributed by atoms with Gasteiger partial charge in [0.05, 0.1) is 11.7 Å². The zero-order valence-corrected chi connectivity index (χ0v) is 13.5. The van der Waals surface area contributed by atoms with Crippen molar-refractivity contribution in [3.63, 3.8) is 0 Å². The van der Waals surface area contributed by atoms with Gasteiger partial charge in [0.25, 0.3) is 0 Å². The first-order valence-corrected chi connectivity index (χ1v) is 7.14. The Kier molecular flexibility index (Phi) is 5.47. The minimum absolute atomic E-state index is 0. The second kappa shape index (κ2) is 6.20. The van der Waals surface area contributed by atoms with Crippen LogP contribution < -0.4 is 11.5 Å². The van der Waals surface area contributed by atoms with Crippen molar-refractivity contribution in [2.45, 2.75) is 6.04 Å². The Hall–Kier alpha value is -0.0700. The quantitative estimate of drug-likeness (QED) is 0.740. The third kappa shape index (κ3) is 3.23. The first-order chi connectivity index (χ1) is 7.59. The van der Waals surface area contributed by atoms with Crippen LogP contribution in [0.15, 0.2) is 37.9 Å². The molecule has 0 saturated heterocycles. The van der Waals surface area contributed by atoms with Crippen molar-refractivity contribution < 1.29 is 0 Å². The summed E-state index contributed by atoms with van der Waals surface area (Å²) in [7, 11) is 0.